The van der Waals surface area contributed by atoms with Crippen molar-refractivity contribution in [1.82, 2.24) is 15.0 Å². The number of hydrazine groups is 1. The molecule has 0 aliphatic rings. The Morgan fingerprint density at radius 2 is 2.28 bits per heavy atom. The van der Waals surface area contributed by atoms with Crippen molar-refractivity contribution >= 4 is 11.6 Å². The van der Waals surface area contributed by atoms with Crippen molar-refractivity contribution in [3.63, 3.8) is 0 Å². The molecule has 1 aromatic carbocycles. The van der Waals surface area contributed by atoms with Crippen LogP contribution in [0.1, 0.15) is 29.9 Å². The fourth-order valence-corrected chi connectivity index (χ4v) is 2.28. The largest absolute Gasteiger partial charge is 0.334 e. The first kappa shape index (κ1) is 13.1. The molecule has 0 fully saturated rings. The molecule has 0 radical (unpaired) electrons. The quantitative estimate of drug-likeness (QED) is 0.659. The van der Waals surface area contributed by atoms with E-state index in [1.54, 1.807) is 6.20 Å². The lowest BCUT2D eigenvalue weighted by Crippen LogP contribution is -2.31. The van der Waals surface area contributed by atoms with E-state index in [2.05, 4.69) is 17.3 Å². The summed E-state index contributed by atoms with van der Waals surface area (Å²) in [5.41, 5.74) is 4.77. The van der Waals surface area contributed by atoms with Gasteiger partial charge in [0, 0.05) is 24.0 Å². The van der Waals surface area contributed by atoms with E-state index in [0.29, 0.717) is 0 Å². The van der Waals surface area contributed by atoms with Crippen LogP contribution in [0.25, 0.3) is 0 Å². The van der Waals surface area contributed by atoms with Crippen molar-refractivity contribution in [3.05, 3.63) is 52.6 Å². The van der Waals surface area contributed by atoms with Gasteiger partial charge in [0.25, 0.3) is 0 Å². The van der Waals surface area contributed by atoms with E-state index in [1.807, 2.05) is 35.9 Å². The topological polar surface area (TPSA) is 55.9 Å². The summed E-state index contributed by atoms with van der Waals surface area (Å²) in [4.78, 5) is 4.37. The molecule has 0 amide bonds. The first-order valence-electron chi connectivity index (χ1n) is 5.91. The highest BCUT2D eigenvalue weighted by atomic mass is 35.5. The fraction of sp³-hybridized carbons (Fsp3) is 0.308. The molecular formula is C13H17ClN4. The minimum atomic E-state index is -0.202. The Bertz CT molecular complexity index is 536. The van der Waals surface area contributed by atoms with Gasteiger partial charge in [-0.25, -0.2) is 10.4 Å². The molecule has 5 heteroatoms. The lowest BCUT2D eigenvalue weighted by molar-refractivity contribution is 0.561. The number of hydrogen-bond donors (Lipinski definition) is 2. The van der Waals surface area contributed by atoms with Gasteiger partial charge >= 0.3 is 0 Å². The minimum absolute atomic E-state index is 0.202. The average Bonchev–Trinajstić information content (AvgIpc) is 2.83. The number of rotatable bonds is 4. The zero-order valence-electron chi connectivity index (χ0n) is 10.5. The number of aryl methyl sites for hydroxylation is 2. The molecule has 0 aliphatic heterocycles. The van der Waals surface area contributed by atoms with Crippen LogP contribution in [-0.4, -0.2) is 9.55 Å². The summed E-state index contributed by atoms with van der Waals surface area (Å²) in [5.74, 6) is 6.54. The molecule has 1 atom stereocenters. The number of nitrogens with two attached hydrogens (primary N) is 1. The van der Waals surface area contributed by atoms with Crippen molar-refractivity contribution in [3.8, 4) is 0 Å². The second kappa shape index (κ2) is 5.52. The lowest BCUT2D eigenvalue weighted by atomic mass is 10.0. The summed E-state index contributed by atoms with van der Waals surface area (Å²) in [6.07, 6.45) is 3.70. The predicted molar refractivity (Wildman–Crippen MR) is 73.3 cm³/mol. The van der Waals surface area contributed by atoms with Crippen molar-refractivity contribution in [1.29, 1.82) is 0 Å². The Morgan fingerprint density at radius 3 is 2.94 bits per heavy atom. The van der Waals surface area contributed by atoms with Gasteiger partial charge in [0.15, 0.2) is 0 Å². The number of hydrogen-bond acceptors (Lipinski definition) is 3. The summed E-state index contributed by atoms with van der Waals surface area (Å²) >= 11 is 6.35. The van der Waals surface area contributed by atoms with E-state index in [9.17, 15) is 0 Å². The number of imidazole rings is 1. The monoisotopic (exact) mass is 264 g/mol. The van der Waals surface area contributed by atoms with Crippen LogP contribution in [0.4, 0.5) is 0 Å². The van der Waals surface area contributed by atoms with E-state index >= 15 is 0 Å². The van der Waals surface area contributed by atoms with Crippen molar-refractivity contribution in [2.75, 3.05) is 0 Å². The highest BCUT2D eigenvalue weighted by molar-refractivity contribution is 6.32. The van der Waals surface area contributed by atoms with E-state index in [0.717, 1.165) is 28.5 Å². The van der Waals surface area contributed by atoms with E-state index in [-0.39, 0.29) is 6.04 Å². The molecule has 2 aromatic rings. The zero-order valence-corrected chi connectivity index (χ0v) is 11.3. The lowest BCUT2D eigenvalue weighted by Gasteiger charge is -2.19. The summed E-state index contributed by atoms with van der Waals surface area (Å²) in [7, 11) is 0. The first-order valence-corrected chi connectivity index (χ1v) is 6.29. The maximum atomic E-state index is 6.35. The van der Waals surface area contributed by atoms with Crippen LogP contribution in [0, 0.1) is 6.92 Å². The van der Waals surface area contributed by atoms with Crippen molar-refractivity contribution in [2.45, 2.75) is 26.4 Å². The van der Waals surface area contributed by atoms with Gasteiger partial charge in [-0.15, -0.1) is 0 Å². The Balaban J connectivity index is 2.49. The zero-order chi connectivity index (χ0) is 13.1. The highest BCUT2D eigenvalue weighted by Crippen LogP contribution is 2.29. The van der Waals surface area contributed by atoms with Gasteiger partial charge in [0.05, 0.1) is 0 Å². The van der Waals surface area contributed by atoms with Crippen LogP contribution in [0.2, 0.25) is 5.02 Å². The van der Waals surface area contributed by atoms with Gasteiger partial charge in [-0.05, 0) is 25.0 Å². The number of nitrogens with zero attached hydrogens (tertiary/aromatic N) is 2. The van der Waals surface area contributed by atoms with E-state index < -0.39 is 0 Å². The van der Waals surface area contributed by atoms with Gasteiger partial charge in [0.2, 0.25) is 0 Å². The number of benzene rings is 1. The standard InChI is InChI=1S/C13H17ClN4/c1-3-18-8-7-16-13(18)12(17-15)10-6-4-5-9(2)11(10)14/h4-8,12,17H,3,15H2,1-2H3. The van der Waals surface area contributed by atoms with Gasteiger partial charge in [-0.1, -0.05) is 29.8 Å². The molecule has 3 N–H and O–H groups in total. The van der Waals surface area contributed by atoms with E-state index in [4.69, 9.17) is 17.4 Å². The summed E-state index contributed by atoms with van der Waals surface area (Å²) in [6, 6.07) is 5.72. The molecule has 0 saturated heterocycles. The Kier molecular flexibility index (Phi) is 4.01. The number of aromatic nitrogens is 2. The Morgan fingerprint density at radius 1 is 1.50 bits per heavy atom. The molecule has 1 heterocycles. The van der Waals surface area contributed by atoms with Crippen LogP contribution in [0.3, 0.4) is 0 Å². The Hall–Kier alpha value is -1.36. The van der Waals surface area contributed by atoms with Crippen LogP contribution in [0.15, 0.2) is 30.6 Å². The maximum absolute atomic E-state index is 6.35. The second-order valence-corrected chi connectivity index (χ2v) is 4.53. The summed E-state index contributed by atoms with van der Waals surface area (Å²) < 4.78 is 2.04. The van der Waals surface area contributed by atoms with Gasteiger partial charge in [-0.3, -0.25) is 5.84 Å². The van der Waals surface area contributed by atoms with Crippen molar-refractivity contribution in [2.24, 2.45) is 5.84 Å². The molecule has 4 nitrogen and oxygen atoms in total. The van der Waals surface area contributed by atoms with Gasteiger partial charge in [-0.2, -0.15) is 0 Å². The van der Waals surface area contributed by atoms with Crippen LogP contribution >= 0.6 is 11.6 Å². The van der Waals surface area contributed by atoms with Crippen LogP contribution in [0.5, 0.6) is 0 Å². The van der Waals surface area contributed by atoms with Crippen LogP contribution in [-0.2, 0) is 6.54 Å². The summed E-state index contributed by atoms with van der Waals surface area (Å²) in [6.45, 7) is 4.89. The number of halogens is 1. The van der Waals surface area contributed by atoms with Crippen LogP contribution < -0.4 is 11.3 Å². The maximum Gasteiger partial charge on any atom is 0.131 e. The fourth-order valence-electron chi connectivity index (χ4n) is 2.04. The Labute approximate surface area is 112 Å². The average molecular weight is 265 g/mol. The third kappa shape index (κ3) is 2.27. The second-order valence-electron chi connectivity index (χ2n) is 4.15. The molecular weight excluding hydrogens is 248 g/mol. The molecule has 0 saturated carbocycles. The molecule has 1 unspecified atom stereocenters. The van der Waals surface area contributed by atoms with Gasteiger partial charge < -0.3 is 4.57 Å². The molecule has 2 rings (SSSR count). The smallest absolute Gasteiger partial charge is 0.131 e. The SMILES string of the molecule is CCn1ccnc1C(NN)c1cccc(C)c1Cl. The van der Waals surface area contributed by atoms with Gasteiger partial charge in [0.1, 0.15) is 11.9 Å². The molecule has 18 heavy (non-hydrogen) atoms. The third-order valence-corrected chi connectivity index (χ3v) is 3.56. The first-order chi connectivity index (χ1) is 8.69. The molecule has 0 aliphatic carbocycles. The molecule has 1 aromatic heterocycles. The van der Waals surface area contributed by atoms with E-state index in [1.165, 1.54) is 0 Å². The minimum Gasteiger partial charge on any atom is -0.334 e. The number of nitrogens with one attached hydrogen (secondary N) is 1. The molecule has 96 valence electrons. The predicted octanol–water partition coefficient (Wildman–Crippen LogP) is 2.42. The highest BCUT2D eigenvalue weighted by Gasteiger charge is 2.20. The molecule has 0 spiro atoms. The normalized spacial score (nSPS) is 12.7. The summed E-state index contributed by atoms with van der Waals surface area (Å²) in [5, 5.41) is 0.728. The third-order valence-electron chi connectivity index (χ3n) is 3.05. The van der Waals surface area contributed by atoms with Crippen molar-refractivity contribution < 1.29 is 0 Å². The molecule has 0 bridgehead atoms.